The fourth-order valence-corrected chi connectivity index (χ4v) is 4.03. The third-order valence-corrected chi connectivity index (χ3v) is 5.80. The molecule has 7 nitrogen and oxygen atoms in total. The number of carbonyl (C=O) groups is 2. The summed E-state index contributed by atoms with van der Waals surface area (Å²) in [7, 11) is 1.64. The minimum atomic E-state index is -0.798. The highest BCUT2D eigenvalue weighted by Crippen LogP contribution is 2.38. The van der Waals surface area contributed by atoms with Crippen molar-refractivity contribution in [2.45, 2.75) is 53.1 Å². The molecule has 0 spiro atoms. The maximum Gasteiger partial charge on any atom is 0.349 e. The highest BCUT2D eigenvalue weighted by molar-refractivity contribution is 6.02. The van der Waals surface area contributed by atoms with Crippen LogP contribution in [-0.4, -0.2) is 41.2 Å². The van der Waals surface area contributed by atoms with E-state index in [1.807, 2.05) is 45.9 Å². The van der Waals surface area contributed by atoms with Crippen molar-refractivity contribution in [1.82, 2.24) is 9.13 Å². The molecule has 0 aliphatic heterocycles. The summed E-state index contributed by atoms with van der Waals surface area (Å²) in [6.45, 7) is 8.64. The normalized spacial score (nSPS) is 13.9. The highest BCUT2D eigenvalue weighted by atomic mass is 16.5. The van der Waals surface area contributed by atoms with Crippen LogP contribution in [0.4, 0.5) is 0 Å². The Bertz CT molecular complexity index is 1080. The van der Waals surface area contributed by atoms with E-state index < -0.39 is 5.97 Å². The number of aromatic nitrogens is 2. The molecule has 0 amide bonds. The number of nitriles is 1. The van der Waals surface area contributed by atoms with Gasteiger partial charge in [0.05, 0.1) is 6.61 Å². The molecule has 1 saturated carbocycles. The summed E-state index contributed by atoms with van der Waals surface area (Å²) in [4.78, 5) is 25.1. The molecule has 1 fully saturated rings. The number of rotatable bonds is 9. The molecular weight excluding hydrogens is 394 g/mol. The van der Waals surface area contributed by atoms with Gasteiger partial charge in [-0.05, 0) is 64.3 Å². The monoisotopic (exact) mass is 423 g/mol. The van der Waals surface area contributed by atoms with Crippen molar-refractivity contribution in [2.24, 2.45) is 0 Å². The lowest BCUT2D eigenvalue weighted by atomic mass is 10.1. The van der Waals surface area contributed by atoms with E-state index in [4.69, 9.17) is 9.47 Å². The molecular formula is C24H29N3O4. The zero-order chi connectivity index (χ0) is 22.7. The van der Waals surface area contributed by atoms with Crippen LogP contribution in [0.1, 0.15) is 57.6 Å². The van der Waals surface area contributed by atoms with Gasteiger partial charge in [-0.2, -0.15) is 5.26 Å². The highest BCUT2D eigenvalue weighted by Gasteiger charge is 2.28. The van der Waals surface area contributed by atoms with Crippen molar-refractivity contribution < 1.29 is 19.1 Å². The van der Waals surface area contributed by atoms with Crippen molar-refractivity contribution in [3.8, 4) is 6.07 Å². The van der Waals surface area contributed by atoms with Crippen LogP contribution < -0.4 is 0 Å². The first-order valence-electron chi connectivity index (χ1n) is 10.4. The molecule has 3 rings (SSSR count). The zero-order valence-electron chi connectivity index (χ0n) is 18.8. The standard InChI is InChI=1S/C24H29N3O4/c1-15-10-19(17(3)26(15)8-9-30-5)12-20(13-25)24(29)31-14-23(28)22-11-16(2)27(18(22)4)21-6-7-21/h10-12,21H,6-9,14H2,1-5H3/b20-12+. The van der Waals surface area contributed by atoms with Gasteiger partial charge in [0.15, 0.2) is 6.61 Å². The van der Waals surface area contributed by atoms with Gasteiger partial charge in [0.2, 0.25) is 5.78 Å². The van der Waals surface area contributed by atoms with Gasteiger partial charge in [-0.3, -0.25) is 4.79 Å². The van der Waals surface area contributed by atoms with Crippen LogP contribution >= 0.6 is 0 Å². The second-order valence-electron chi connectivity index (χ2n) is 8.03. The number of carbonyl (C=O) groups excluding carboxylic acids is 2. The Kier molecular flexibility index (Phi) is 6.81. The lowest BCUT2D eigenvalue weighted by Crippen LogP contribution is -2.16. The van der Waals surface area contributed by atoms with Crippen LogP contribution in [0.5, 0.6) is 0 Å². The number of methoxy groups -OCH3 is 1. The van der Waals surface area contributed by atoms with Crippen LogP contribution in [0, 0.1) is 39.0 Å². The van der Waals surface area contributed by atoms with Gasteiger partial charge in [0.25, 0.3) is 0 Å². The largest absolute Gasteiger partial charge is 0.453 e. The van der Waals surface area contributed by atoms with E-state index in [0.29, 0.717) is 24.8 Å². The fraction of sp³-hybridized carbons (Fsp3) is 0.458. The van der Waals surface area contributed by atoms with E-state index in [0.717, 1.165) is 41.2 Å². The van der Waals surface area contributed by atoms with E-state index in [2.05, 4.69) is 9.13 Å². The Hall–Kier alpha value is -3.11. The molecule has 2 aromatic heterocycles. The van der Waals surface area contributed by atoms with E-state index >= 15 is 0 Å². The number of hydrogen-bond donors (Lipinski definition) is 0. The zero-order valence-corrected chi connectivity index (χ0v) is 18.8. The van der Waals surface area contributed by atoms with Crippen LogP contribution in [0.3, 0.4) is 0 Å². The first-order chi connectivity index (χ1) is 14.8. The van der Waals surface area contributed by atoms with Crippen molar-refractivity contribution in [1.29, 1.82) is 5.26 Å². The summed E-state index contributed by atoms with van der Waals surface area (Å²) in [6.07, 6.45) is 3.76. The van der Waals surface area contributed by atoms with Crippen molar-refractivity contribution >= 4 is 17.8 Å². The molecule has 31 heavy (non-hydrogen) atoms. The molecule has 0 saturated heterocycles. The fourth-order valence-electron chi connectivity index (χ4n) is 4.03. The second kappa shape index (κ2) is 9.36. The van der Waals surface area contributed by atoms with Crippen molar-refractivity contribution in [2.75, 3.05) is 20.3 Å². The summed E-state index contributed by atoms with van der Waals surface area (Å²) in [5, 5.41) is 9.47. The van der Waals surface area contributed by atoms with Gasteiger partial charge in [-0.15, -0.1) is 0 Å². The van der Waals surface area contributed by atoms with E-state index in [-0.39, 0.29) is 18.0 Å². The van der Waals surface area contributed by atoms with E-state index in [1.54, 1.807) is 7.11 Å². The molecule has 1 aliphatic rings. The Morgan fingerprint density at radius 1 is 1.16 bits per heavy atom. The number of esters is 1. The Balaban J connectivity index is 1.70. The predicted molar refractivity (Wildman–Crippen MR) is 117 cm³/mol. The lowest BCUT2D eigenvalue weighted by molar-refractivity contribution is -0.137. The smallest absolute Gasteiger partial charge is 0.349 e. The average Bonchev–Trinajstić information content (AvgIpc) is 3.47. The maximum atomic E-state index is 12.6. The molecule has 2 aromatic rings. The maximum absolute atomic E-state index is 12.6. The summed E-state index contributed by atoms with van der Waals surface area (Å²) >= 11 is 0. The number of nitrogens with zero attached hydrogens (tertiary/aromatic N) is 3. The summed E-state index contributed by atoms with van der Waals surface area (Å²) in [5.41, 5.74) is 5.08. The summed E-state index contributed by atoms with van der Waals surface area (Å²) < 4.78 is 14.6. The number of aryl methyl sites for hydroxylation is 2. The van der Waals surface area contributed by atoms with Gasteiger partial charge in [0.1, 0.15) is 11.6 Å². The molecule has 0 atom stereocenters. The summed E-state index contributed by atoms with van der Waals surface area (Å²) in [6, 6.07) is 6.13. The van der Waals surface area contributed by atoms with Crippen LogP contribution in [0.15, 0.2) is 17.7 Å². The molecule has 164 valence electrons. The van der Waals surface area contributed by atoms with Gasteiger partial charge >= 0.3 is 5.97 Å². The first-order valence-corrected chi connectivity index (χ1v) is 10.4. The van der Waals surface area contributed by atoms with Gasteiger partial charge in [-0.1, -0.05) is 0 Å². The molecule has 0 unspecified atom stereocenters. The molecule has 7 heteroatoms. The second-order valence-corrected chi connectivity index (χ2v) is 8.03. The first kappa shape index (κ1) is 22.6. The topological polar surface area (TPSA) is 86.2 Å². The quantitative estimate of drug-likeness (QED) is 0.265. The number of Topliss-reactive ketones (excluding diaryl/α,β-unsaturated/α-hetero) is 1. The van der Waals surface area contributed by atoms with Gasteiger partial charge in [-0.25, -0.2) is 4.79 Å². The van der Waals surface area contributed by atoms with Crippen molar-refractivity contribution in [3.63, 3.8) is 0 Å². The lowest BCUT2D eigenvalue weighted by Gasteiger charge is -2.08. The number of ketones is 1. The predicted octanol–water partition coefficient (Wildman–Crippen LogP) is 3.84. The van der Waals surface area contributed by atoms with Crippen LogP contribution in [-0.2, 0) is 20.8 Å². The number of ether oxygens (including phenoxy) is 2. The molecule has 1 aliphatic carbocycles. The van der Waals surface area contributed by atoms with Crippen molar-refractivity contribution in [3.05, 3.63) is 51.6 Å². The molecule has 0 radical (unpaired) electrons. The molecule has 0 N–H and O–H groups in total. The van der Waals surface area contributed by atoms with E-state index in [1.165, 1.54) is 6.08 Å². The Labute approximate surface area is 182 Å². The number of hydrogen-bond acceptors (Lipinski definition) is 5. The van der Waals surface area contributed by atoms with Gasteiger partial charge < -0.3 is 18.6 Å². The minimum Gasteiger partial charge on any atom is -0.453 e. The minimum absolute atomic E-state index is 0.136. The molecule has 2 heterocycles. The average molecular weight is 424 g/mol. The van der Waals surface area contributed by atoms with Gasteiger partial charge in [0, 0.05) is 48.0 Å². The van der Waals surface area contributed by atoms with Crippen LogP contribution in [0.2, 0.25) is 0 Å². The third kappa shape index (κ3) is 4.80. The van der Waals surface area contributed by atoms with Crippen LogP contribution in [0.25, 0.3) is 6.08 Å². The summed E-state index contributed by atoms with van der Waals surface area (Å²) in [5.74, 6) is -1.06. The third-order valence-electron chi connectivity index (χ3n) is 5.80. The molecule has 0 bridgehead atoms. The Morgan fingerprint density at radius 3 is 2.48 bits per heavy atom. The SMILES string of the molecule is COCCn1c(C)cc(/C=C(\C#N)C(=O)OCC(=O)c2cc(C)n(C3CC3)c2C)c1C. The Morgan fingerprint density at radius 2 is 1.87 bits per heavy atom. The van der Waals surface area contributed by atoms with E-state index in [9.17, 15) is 14.9 Å². The molecule has 0 aromatic carbocycles.